The second-order valence-electron chi connectivity index (χ2n) is 5.88. The van der Waals surface area contributed by atoms with Gasteiger partial charge >= 0.3 is 0 Å². The number of benzene rings is 2. The van der Waals surface area contributed by atoms with Crippen LogP contribution >= 0.6 is 0 Å². The van der Waals surface area contributed by atoms with Crippen LogP contribution in [0.5, 0.6) is 5.75 Å². The van der Waals surface area contributed by atoms with Crippen molar-refractivity contribution < 1.29 is 9.53 Å². The summed E-state index contributed by atoms with van der Waals surface area (Å²) >= 11 is 0. The zero-order valence-electron chi connectivity index (χ0n) is 15.2. The molecule has 0 saturated heterocycles. The molecule has 7 heteroatoms. The Morgan fingerprint density at radius 2 is 1.89 bits per heavy atom. The van der Waals surface area contributed by atoms with Gasteiger partial charge in [0, 0.05) is 11.3 Å². The summed E-state index contributed by atoms with van der Waals surface area (Å²) in [5.74, 6) is 0.428. The number of nitrogens with one attached hydrogen (secondary N) is 2. The van der Waals surface area contributed by atoms with Crippen molar-refractivity contribution in [2.45, 2.75) is 13.8 Å². The molecule has 0 atom stereocenters. The minimum absolute atomic E-state index is 0.327. The molecular formula is C20H21N5O2. The molecule has 7 nitrogen and oxygen atoms in total. The Morgan fingerprint density at radius 3 is 2.56 bits per heavy atom. The Morgan fingerprint density at radius 1 is 1.19 bits per heavy atom. The third kappa shape index (κ3) is 4.52. The fourth-order valence-electron chi connectivity index (χ4n) is 2.46. The number of nitrogens with two attached hydrogens (primary N) is 1. The first-order chi connectivity index (χ1) is 13.1. The zero-order chi connectivity index (χ0) is 19.2. The second kappa shape index (κ2) is 8.18. The molecule has 0 bridgehead atoms. The lowest BCUT2D eigenvalue weighted by Gasteiger charge is -2.03. The highest BCUT2D eigenvalue weighted by molar-refractivity contribution is 6.00. The lowest BCUT2D eigenvalue weighted by molar-refractivity contribution is 0.0950. The lowest BCUT2D eigenvalue weighted by atomic mass is 10.1. The van der Waals surface area contributed by atoms with Crippen molar-refractivity contribution in [2.24, 2.45) is 5.10 Å². The average molecular weight is 363 g/mol. The summed E-state index contributed by atoms with van der Waals surface area (Å²) in [5.41, 5.74) is 12.3. The molecule has 0 radical (unpaired) electrons. The summed E-state index contributed by atoms with van der Waals surface area (Å²) in [6.45, 7) is 4.36. The van der Waals surface area contributed by atoms with Crippen LogP contribution in [0.15, 0.2) is 59.7 Å². The van der Waals surface area contributed by atoms with Gasteiger partial charge in [-0.2, -0.15) is 10.2 Å². The molecule has 27 heavy (non-hydrogen) atoms. The predicted molar refractivity (Wildman–Crippen MR) is 106 cm³/mol. The standard InChI is InChI=1S/C20H21N5O2/c1-3-27-17-10-6-15(7-11-17)18-12-19(24-23-18)20(26)25-22-13(2)14-4-8-16(21)9-5-14/h4-12H,3,21H2,1-2H3,(H,23,24)(H,25,26). The largest absolute Gasteiger partial charge is 0.494 e. The molecule has 4 N–H and O–H groups in total. The van der Waals surface area contributed by atoms with Crippen molar-refractivity contribution in [2.75, 3.05) is 12.3 Å². The van der Waals surface area contributed by atoms with E-state index in [1.165, 1.54) is 0 Å². The number of H-pyrrole nitrogens is 1. The van der Waals surface area contributed by atoms with Gasteiger partial charge in [0.2, 0.25) is 0 Å². The SMILES string of the molecule is CCOc1ccc(-c2cc(C(=O)NN=C(C)c3ccc(N)cc3)[nH]n2)cc1. The van der Waals surface area contributed by atoms with Crippen molar-refractivity contribution in [3.05, 3.63) is 65.9 Å². The average Bonchev–Trinajstić information content (AvgIpc) is 3.17. The van der Waals surface area contributed by atoms with Gasteiger partial charge in [-0.15, -0.1) is 0 Å². The second-order valence-corrected chi connectivity index (χ2v) is 5.88. The third-order valence-corrected chi connectivity index (χ3v) is 3.94. The minimum atomic E-state index is -0.366. The van der Waals surface area contributed by atoms with Gasteiger partial charge in [0.25, 0.3) is 5.91 Å². The van der Waals surface area contributed by atoms with E-state index in [1.54, 1.807) is 18.2 Å². The molecule has 138 valence electrons. The van der Waals surface area contributed by atoms with Crippen LogP contribution < -0.4 is 15.9 Å². The van der Waals surface area contributed by atoms with Gasteiger partial charge in [0.1, 0.15) is 11.4 Å². The van der Waals surface area contributed by atoms with E-state index in [4.69, 9.17) is 10.5 Å². The van der Waals surface area contributed by atoms with Gasteiger partial charge in [-0.1, -0.05) is 12.1 Å². The van der Waals surface area contributed by atoms with Gasteiger partial charge in [0.05, 0.1) is 18.0 Å². The number of anilines is 1. The smallest absolute Gasteiger partial charge is 0.289 e. The molecule has 1 heterocycles. The fraction of sp³-hybridized carbons (Fsp3) is 0.150. The summed E-state index contributed by atoms with van der Waals surface area (Å²) < 4.78 is 5.42. The Kier molecular flexibility index (Phi) is 5.51. The normalized spacial score (nSPS) is 11.3. The maximum absolute atomic E-state index is 12.3. The molecule has 2 aromatic carbocycles. The van der Waals surface area contributed by atoms with E-state index >= 15 is 0 Å². The first kappa shape index (κ1) is 18.2. The van der Waals surface area contributed by atoms with Crippen LogP contribution in [0.2, 0.25) is 0 Å². The Labute approximate surface area is 157 Å². The number of ether oxygens (including phenoxy) is 1. The maximum atomic E-state index is 12.3. The topological polar surface area (TPSA) is 105 Å². The highest BCUT2D eigenvalue weighted by atomic mass is 16.5. The van der Waals surface area contributed by atoms with Crippen molar-refractivity contribution in [1.82, 2.24) is 15.6 Å². The molecular weight excluding hydrogens is 342 g/mol. The van der Waals surface area contributed by atoms with E-state index in [0.29, 0.717) is 29.4 Å². The fourth-order valence-corrected chi connectivity index (χ4v) is 2.46. The summed E-state index contributed by atoms with van der Waals surface area (Å²) in [6, 6.07) is 16.5. The van der Waals surface area contributed by atoms with Gasteiger partial charge in [-0.25, -0.2) is 5.43 Å². The molecule has 0 aliphatic carbocycles. The molecule has 1 aromatic heterocycles. The van der Waals surface area contributed by atoms with E-state index in [9.17, 15) is 4.79 Å². The Bertz CT molecular complexity index is 943. The van der Waals surface area contributed by atoms with Crippen LogP contribution in [0.25, 0.3) is 11.3 Å². The number of amides is 1. The lowest BCUT2D eigenvalue weighted by Crippen LogP contribution is -2.19. The number of aromatic nitrogens is 2. The summed E-state index contributed by atoms with van der Waals surface area (Å²) in [5, 5.41) is 11.1. The maximum Gasteiger partial charge on any atom is 0.289 e. The number of aromatic amines is 1. The van der Waals surface area contributed by atoms with Gasteiger partial charge in [0.15, 0.2) is 0 Å². The molecule has 3 rings (SSSR count). The number of carbonyl (C=O) groups is 1. The van der Waals surface area contributed by atoms with E-state index in [2.05, 4.69) is 20.7 Å². The van der Waals surface area contributed by atoms with Crippen molar-refractivity contribution in [1.29, 1.82) is 0 Å². The van der Waals surface area contributed by atoms with Gasteiger partial charge < -0.3 is 10.5 Å². The van der Waals surface area contributed by atoms with E-state index < -0.39 is 0 Å². The van der Waals surface area contributed by atoms with Crippen molar-refractivity contribution >= 4 is 17.3 Å². The van der Waals surface area contributed by atoms with Crippen LogP contribution in [0.3, 0.4) is 0 Å². The number of carbonyl (C=O) groups excluding carboxylic acids is 1. The minimum Gasteiger partial charge on any atom is -0.494 e. The number of hydrogen-bond donors (Lipinski definition) is 3. The van der Waals surface area contributed by atoms with E-state index in [0.717, 1.165) is 16.9 Å². The molecule has 3 aromatic rings. The molecule has 0 aliphatic heterocycles. The Balaban J connectivity index is 1.67. The number of nitrogens with zero attached hydrogens (tertiary/aromatic N) is 2. The van der Waals surface area contributed by atoms with E-state index in [1.807, 2.05) is 50.2 Å². The number of rotatable bonds is 6. The molecule has 0 aliphatic rings. The van der Waals surface area contributed by atoms with E-state index in [-0.39, 0.29) is 5.91 Å². The first-order valence-corrected chi connectivity index (χ1v) is 8.56. The summed E-state index contributed by atoms with van der Waals surface area (Å²) in [6.07, 6.45) is 0. The number of hydrazone groups is 1. The van der Waals surface area contributed by atoms with Crippen molar-refractivity contribution in [3.8, 4) is 17.0 Å². The molecule has 1 amide bonds. The van der Waals surface area contributed by atoms with Crippen LogP contribution in [-0.4, -0.2) is 28.4 Å². The molecule has 0 unspecified atom stereocenters. The number of hydrogen-bond acceptors (Lipinski definition) is 5. The summed E-state index contributed by atoms with van der Waals surface area (Å²) in [4.78, 5) is 12.3. The molecule has 0 saturated carbocycles. The zero-order valence-corrected chi connectivity index (χ0v) is 15.2. The number of nitrogen functional groups attached to an aromatic ring is 1. The first-order valence-electron chi connectivity index (χ1n) is 8.56. The van der Waals surface area contributed by atoms with Crippen LogP contribution in [0.4, 0.5) is 5.69 Å². The predicted octanol–water partition coefficient (Wildman–Crippen LogP) is 3.21. The third-order valence-electron chi connectivity index (χ3n) is 3.94. The highest BCUT2D eigenvalue weighted by Crippen LogP contribution is 2.21. The van der Waals surface area contributed by atoms with Crippen LogP contribution in [0.1, 0.15) is 29.9 Å². The quantitative estimate of drug-likeness (QED) is 0.355. The van der Waals surface area contributed by atoms with Gasteiger partial charge in [-0.05, 0) is 61.9 Å². The Hall–Kier alpha value is -3.61. The van der Waals surface area contributed by atoms with Crippen LogP contribution in [-0.2, 0) is 0 Å². The monoisotopic (exact) mass is 363 g/mol. The van der Waals surface area contributed by atoms with Crippen molar-refractivity contribution in [3.63, 3.8) is 0 Å². The molecule has 0 spiro atoms. The van der Waals surface area contributed by atoms with Crippen LogP contribution in [0, 0.1) is 0 Å². The summed E-state index contributed by atoms with van der Waals surface area (Å²) in [7, 11) is 0. The molecule has 0 fully saturated rings. The highest BCUT2D eigenvalue weighted by Gasteiger charge is 2.11. The van der Waals surface area contributed by atoms with Gasteiger partial charge in [-0.3, -0.25) is 9.89 Å².